The van der Waals surface area contributed by atoms with E-state index in [-0.39, 0.29) is 12.4 Å². The van der Waals surface area contributed by atoms with Crippen LogP contribution in [0.1, 0.15) is 0 Å². The van der Waals surface area contributed by atoms with Gasteiger partial charge in [-0.15, -0.1) is 12.4 Å². The molecule has 0 aliphatic rings. The molecule has 0 saturated heterocycles. The molecule has 0 fully saturated rings. The Balaban J connectivity index is 0.00000121. The van der Waals surface area contributed by atoms with E-state index in [4.69, 9.17) is 10.5 Å². The van der Waals surface area contributed by atoms with Crippen molar-refractivity contribution in [3.8, 4) is 5.88 Å². The second-order valence-corrected chi connectivity index (χ2v) is 2.04. The highest BCUT2D eigenvalue weighted by atomic mass is 35.5. The van der Waals surface area contributed by atoms with Crippen molar-refractivity contribution in [2.75, 3.05) is 25.2 Å². The highest BCUT2D eigenvalue weighted by Gasteiger charge is 1.99. The number of ether oxygens (including phenoxy) is 1. The number of hydrogen-bond donors (Lipinski definition) is 2. The summed E-state index contributed by atoms with van der Waals surface area (Å²) in [5, 5.41) is 2.85. The SMILES string of the molecule is CNc1nc(OC)ccc1N.Cl. The third kappa shape index (κ3) is 2.17. The Morgan fingerprint density at radius 3 is 2.67 bits per heavy atom. The molecule has 0 aliphatic carbocycles. The zero-order valence-electron chi connectivity index (χ0n) is 7.00. The van der Waals surface area contributed by atoms with Crippen molar-refractivity contribution in [1.29, 1.82) is 0 Å². The molecule has 3 N–H and O–H groups in total. The van der Waals surface area contributed by atoms with Crippen molar-refractivity contribution in [2.45, 2.75) is 0 Å². The van der Waals surface area contributed by atoms with Crippen LogP contribution in [0.15, 0.2) is 12.1 Å². The molecular formula is C7H12ClN3O. The Morgan fingerprint density at radius 1 is 1.50 bits per heavy atom. The van der Waals surface area contributed by atoms with Crippen LogP contribution in [-0.4, -0.2) is 19.1 Å². The number of pyridine rings is 1. The van der Waals surface area contributed by atoms with Crippen molar-refractivity contribution in [3.63, 3.8) is 0 Å². The lowest BCUT2D eigenvalue weighted by Gasteiger charge is -2.04. The van der Waals surface area contributed by atoms with Crippen molar-refractivity contribution in [2.24, 2.45) is 0 Å². The number of nitrogen functional groups attached to an aromatic ring is 1. The molecule has 0 radical (unpaired) electrons. The van der Waals surface area contributed by atoms with Gasteiger partial charge in [0.2, 0.25) is 5.88 Å². The lowest BCUT2D eigenvalue weighted by atomic mass is 10.4. The number of aromatic nitrogens is 1. The summed E-state index contributed by atoms with van der Waals surface area (Å²) >= 11 is 0. The zero-order chi connectivity index (χ0) is 8.27. The van der Waals surface area contributed by atoms with Gasteiger partial charge < -0.3 is 15.8 Å². The maximum Gasteiger partial charge on any atom is 0.215 e. The first kappa shape index (κ1) is 10.8. The van der Waals surface area contributed by atoms with Crippen LogP contribution in [0.2, 0.25) is 0 Å². The molecule has 0 atom stereocenters. The molecule has 1 rings (SSSR count). The molecule has 1 heterocycles. The molecule has 4 nitrogen and oxygen atoms in total. The number of nitrogens with one attached hydrogen (secondary N) is 1. The summed E-state index contributed by atoms with van der Waals surface area (Å²) in [7, 11) is 3.33. The first-order valence-electron chi connectivity index (χ1n) is 3.26. The van der Waals surface area contributed by atoms with Crippen molar-refractivity contribution in [1.82, 2.24) is 4.98 Å². The van der Waals surface area contributed by atoms with Gasteiger partial charge in [-0.3, -0.25) is 0 Å². The molecule has 5 heteroatoms. The zero-order valence-corrected chi connectivity index (χ0v) is 7.81. The van der Waals surface area contributed by atoms with E-state index in [1.54, 1.807) is 26.3 Å². The normalized spacial score (nSPS) is 8.50. The molecule has 1 aromatic rings. The Bertz CT molecular complexity index is 254. The predicted octanol–water partition coefficient (Wildman–Crippen LogP) is 1.14. The minimum atomic E-state index is 0. The number of nitrogens with zero attached hydrogens (tertiary/aromatic N) is 1. The fourth-order valence-electron chi connectivity index (χ4n) is 0.766. The van der Waals surface area contributed by atoms with E-state index in [9.17, 15) is 0 Å². The smallest absolute Gasteiger partial charge is 0.215 e. The maximum absolute atomic E-state index is 5.57. The molecule has 0 saturated carbocycles. The Kier molecular flexibility index (Phi) is 4.21. The summed E-state index contributed by atoms with van der Waals surface area (Å²) < 4.78 is 4.90. The van der Waals surface area contributed by atoms with Gasteiger partial charge in [-0.25, -0.2) is 0 Å². The summed E-state index contributed by atoms with van der Waals surface area (Å²) in [6.45, 7) is 0. The molecule has 68 valence electrons. The minimum absolute atomic E-state index is 0. The van der Waals surface area contributed by atoms with E-state index in [2.05, 4.69) is 10.3 Å². The first-order valence-corrected chi connectivity index (χ1v) is 3.26. The van der Waals surface area contributed by atoms with E-state index < -0.39 is 0 Å². The molecule has 0 spiro atoms. The lowest BCUT2D eigenvalue weighted by molar-refractivity contribution is 0.398. The Morgan fingerprint density at radius 2 is 2.17 bits per heavy atom. The van der Waals surface area contributed by atoms with Crippen LogP contribution in [-0.2, 0) is 0 Å². The fourth-order valence-corrected chi connectivity index (χ4v) is 0.766. The van der Waals surface area contributed by atoms with Gasteiger partial charge >= 0.3 is 0 Å². The largest absolute Gasteiger partial charge is 0.481 e. The summed E-state index contributed by atoms with van der Waals surface area (Å²) in [6, 6.07) is 3.47. The summed E-state index contributed by atoms with van der Waals surface area (Å²) in [5.74, 6) is 1.20. The second kappa shape index (κ2) is 4.66. The predicted molar refractivity (Wildman–Crippen MR) is 52.0 cm³/mol. The van der Waals surface area contributed by atoms with Crippen molar-refractivity contribution in [3.05, 3.63) is 12.1 Å². The van der Waals surface area contributed by atoms with Gasteiger partial charge in [0.15, 0.2) is 5.82 Å². The van der Waals surface area contributed by atoms with E-state index >= 15 is 0 Å². The number of nitrogens with two attached hydrogens (primary N) is 1. The van der Waals surface area contributed by atoms with Gasteiger partial charge in [0.1, 0.15) is 0 Å². The molecule has 0 amide bonds. The molecule has 0 aliphatic heterocycles. The molecule has 12 heavy (non-hydrogen) atoms. The van der Waals surface area contributed by atoms with Gasteiger partial charge in [-0.2, -0.15) is 4.98 Å². The quantitative estimate of drug-likeness (QED) is 0.733. The highest BCUT2D eigenvalue weighted by Crippen LogP contribution is 2.18. The van der Waals surface area contributed by atoms with Crippen LogP contribution < -0.4 is 15.8 Å². The second-order valence-electron chi connectivity index (χ2n) is 2.04. The van der Waals surface area contributed by atoms with Gasteiger partial charge in [-0.05, 0) is 6.07 Å². The lowest BCUT2D eigenvalue weighted by Crippen LogP contribution is -1.99. The van der Waals surface area contributed by atoms with Crippen LogP contribution in [0.5, 0.6) is 5.88 Å². The van der Waals surface area contributed by atoms with Crippen molar-refractivity contribution < 1.29 is 4.74 Å². The standard InChI is InChI=1S/C7H11N3O.ClH/c1-9-7-5(8)3-4-6(10-7)11-2;/h3-4H,8H2,1-2H3,(H,9,10);1H. The minimum Gasteiger partial charge on any atom is -0.481 e. The topological polar surface area (TPSA) is 60.2 Å². The van der Waals surface area contributed by atoms with Gasteiger partial charge in [0.05, 0.1) is 12.8 Å². The molecule has 0 unspecified atom stereocenters. The summed E-state index contributed by atoms with van der Waals surface area (Å²) in [6.07, 6.45) is 0. The summed E-state index contributed by atoms with van der Waals surface area (Å²) in [5.41, 5.74) is 6.19. The number of halogens is 1. The average Bonchev–Trinajstić information content (AvgIpc) is 2.05. The van der Waals surface area contributed by atoms with Crippen LogP contribution in [0.25, 0.3) is 0 Å². The van der Waals surface area contributed by atoms with Crippen LogP contribution in [0.4, 0.5) is 11.5 Å². The van der Waals surface area contributed by atoms with E-state index in [1.807, 2.05) is 0 Å². The van der Waals surface area contributed by atoms with E-state index in [1.165, 1.54) is 0 Å². The molecule has 0 bridgehead atoms. The van der Waals surface area contributed by atoms with E-state index in [0.717, 1.165) is 0 Å². The van der Waals surface area contributed by atoms with Crippen molar-refractivity contribution >= 4 is 23.9 Å². The fraction of sp³-hybridized carbons (Fsp3) is 0.286. The first-order chi connectivity index (χ1) is 5.27. The van der Waals surface area contributed by atoms with Crippen LogP contribution >= 0.6 is 12.4 Å². The number of anilines is 2. The molecule has 0 aromatic carbocycles. The average molecular weight is 190 g/mol. The number of rotatable bonds is 2. The number of hydrogen-bond acceptors (Lipinski definition) is 4. The maximum atomic E-state index is 5.57. The van der Waals surface area contributed by atoms with E-state index in [0.29, 0.717) is 17.4 Å². The third-order valence-corrected chi connectivity index (χ3v) is 1.35. The molecular weight excluding hydrogens is 178 g/mol. The number of methoxy groups -OCH3 is 1. The highest BCUT2D eigenvalue weighted by molar-refractivity contribution is 5.85. The Hall–Kier alpha value is -1.16. The Labute approximate surface area is 77.5 Å². The third-order valence-electron chi connectivity index (χ3n) is 1.35. The van der Waals surface area contributed by atoms with Crippen LogP contribution in [0.3, 0.4) is 0 Å². The van der Waals surface area contributed by atoms with Crippen LogP contribution in [0, 0.1) is 0 Å². The van der Waals surface area contributed by atoms with Gasteiger partial charge in [0, 0.05) is 13.1 Å². The monoisotopic (exact) mass is 189 g/mol. The van der Waals surface area contributed by atoms with Gasteiger partial charge in [-0.1, -0.05) is 0 Å². The summed E-state index contributed by atoms with van der Waals surface area (Å²) in [4.78, 5) is 4.05. The molecule has 1 aromatic heterocycles. The van der Waals surface area contributed by atoms with Gasteiger partial charge in [0.25, 0.3) is 0 Å².